The van der Waals surface area contributed by atoms with Crippen molar-refractivity contribution in [3.05, 3.63) is 125 Å². The fourth-order valence-corrected chi connectivity index (χ4v) is 6.16. The van der Waals surface area contributed by atoms with Gasteiger partial charge in [0.25, 0.3) is 11.8 Å². The summed E-state index contributed by atoms with van der Waals surface area (Å²) in [5.74, 6) is -2.10. The lowest BCUT2D eigenvalue weighted by Crippen LogP contribution is -2.70. The largest absolute Gasteiger partial charge is 0.377 e. The van der Waals surface area contributed by atoms with E-state index in [0.717, 1.165) is 15.4 Å². The van der Waals surface area contributed by atoms with E-state index >= 15 is 0 Å². The topological polar surface area (TPSA) is 98.2 Å². The first-order valence-corrected chi connectivity index (χ1v) is 12.5. The van der Waals surface area contributed by atoms with Crippen LogP contribution in [-0.4, -0.2) is 57.5 Å². The summed E-state index contributed by atoms with van der Waals surface area (Å²) in [6, 6.07) is 22.4. The summed E-state index contributed by atoms with van der Waals surface area (Å²) in [5, 5.41) is 13.0. The van der Waals surface area contributed by atoms with Crippen LogP contribution in [0.3, 0.4) is 0 Å². The Labute approximate surface area is 225 Å². The molecule has 0 saturated carbocycles. The van der Waals surface area contributed by atoms with Gasteiger partial charge in [0.1, 0.15) is 0 Å². The zero-order valence-electron chi connectivity index (χ0n) is 21.3. The lowest BCUT2D eigenvalue weighted by molar-refractivity contribution is -0.175. The minimum atomic E-state index is -2.32. The Balaban J connectivity index is 1.73. The number of rotatable bonds is 3. The lowest BCUT2D eigenvalue weighted by atomic mass is 9.61. The molecule has 6 rings (SSSR count). The number of barbiturate groups is 1. The van der Waals surface area contributed by atoms with Crippen LogP contribution in [0.1, 0.15) is 33.1 Å². The van der Waals surface area contributed by atoms with Crippen molar-refractivity contribution in [2.24, 2.45) is 5.41 Å². The van der Waals surface area contributed by atoms with Gasteiger partial charge in [0.2, 0.25) is 0 Å². The number of carbonyl (C=O) groups is 4. The summed E-state index contributed by atoms with van der Waals surface area (Å²) in [6.45, 7) is 0. The average Bonchev–Trinajstić information content (AvgIpc) is 3.21. The molecular formula is C31H25N3O5. The third kappa shape index (κ3) is 3.09. The molecule has 0 aliphatic carbocycles. The van der Waals surface area contributed by atoms with E-state index in [1.807, 2.05) is 18.2 Å². The Morgan fingerprint density at radius 3 is 2.03 bits per heavy atom. The van der Waals surface area contributed by atoms with E-state index in [-0.39, 0.29) is 11.3 Å². The Bertz CT molecular complexity index is 1570. The highest BCUT2D eigenvalue weighted by atomic mass is 16.3. The van der Waals surface area contributed by atoms with Crippen molar-refractivity contribution in [1.29, 1.82) is 0 Å². The van der Waals surface area contributed by atoms with Gasteiger partial charge in [-0.2, -0.15) is 0 Å². The zero-order valence-corrected chi connectivity index (χ0v) is 21.3. The van der Waals surface area contributed by atoms with Crippen molar-refractivity contribution in [1.82, 2.24) is 14.7 Å². The molecule has 2 atom stereocenters. The highest BCUT2D eigenvalue weighted by Crippen LogP contribution is 2.66. The first-order chi connectivity index (χ1) is 18.7. The predicted octanol–water partition coefficient (Wildman–Crippen LogP) is 3.72. The summed E-state index contributed by atoms with van der Waals surface area (Å²) >= 11 is 0. The SMILES string of the molecule is CN1C(=O)N(C)C(=O)C2(C1=O)[C@@H]1c3ccccc3C=CN1/C(=C/C(=O)c1ccccc1)[C@@]2(O)c1ccccc1. The minimum absolute atomic E-state index is 0.0659. The standard InChI is InChI=1S/C31H25N3O5/c1-32-27(36)30(28(37)33(2)29(32)38)26-23-16-10-9-11-20(23)17-18-34(26)25(19-24(35)21-12-5-3-6-13-21)31(30,39)22-14-7-4-8-15-22/h3-19,26,39H,1-2H3/b25-19+/t26-,31-/m0/s1. The average molecular weight is 520 g/mol. The molecule has 39 heavy (non-hydrogen) atoms. The van der Waals surface area contributed by atoms with Crippen molar-refractivity contribution in [2.45, 2.75) is 11.6 Å². The molecule has 2 saturated heterocycles. The van der Waals surface area contributed by atoms with Gasteiger partial charge in [0, 0.05) is 31.9 Å². The number of nitrogens with zero attached hydrogens (tertiary/aromatic N) is 3. The molecule has 0 aromatic heterocycles. The van der Waals surface area contributed by atoms with Crippen LogP contribution >= 0.6 is 0 Å². The quantitative estimate of drug-likeness (QED) is 0.322. The maximum atomic E-state index is 14.4. The highest BCUT2D eigenvalue weighted by Gasteiger charge is 2.78. The number of hydrogen-bond acceptors (Lipinski definition) is 6. The van der Waals surface area contributed by atoms with Crippen LogP contribution in [0.5, 0.6) is 0 Å². The summed E-state index contributed by atoms with van der Waals surface area (Å²) in [4.78, 5) is 58.7. The normalized spacial score (nSPS) is 24.4. The van der Waals surface area contributed by atoms with Crippen LogP contribution in [-0.2, 0) is 15.2 Å². The Morgan fingerprint density at radius 2 is 1.38 bits per heavy atom. The number of hydrogen-bond donors (Lipinski definition) is 1. The van der Waals surface area contributed by atoms with Gasteiger partial charge in [0.15, 0.2) is 16.8 Å². The van der Waals surface area contributed by atoms with Crippen molar-refractivity contribution in [2.75, 3.05) is 14.1 Å². The van der Waals surface area contributed by atoms with E-state index < -0.39 is 40.7 Å². The Kier molecular flexibility index (Phi) is 5.41. The fourth-order valence-electron chi connectivity index (χ4n) is 6.16. The van der Waals surface area contributed by atoms with Gasteiger partial charge in [-0.15, -0.1) is 0 Å². The molecule has 0 unspecified atom stereocenters. The second-order valence-electron chi connectivity index (χ2n) is 9.91. The van der Waals surface area contributed by atoms with Crippen molar-refractivity contribution < 1.29 is 24.3 Å². The molecule has 1 spiro atoms. The van der Waals surface area contributed by atoms with Gasteiger partial charge in [-0.05, 0) is 22.8 Å². The van der Waals surface area contributed by atoms with E-state index in [0.29, 0.717) is 11.1 Å². The van der Waals surface area contributed by atoms with Crippen molar-refractivity contribution >= 4 is 29.7 Å². The molecule has 8 nitrogen and oxygen atoms in total. The van der Waals surface area contributed by atoms with Gasteiger partial charge < -0.3 is 10.0 Å². The maximum absolute atomic E-state index is 14.4. The molecule has 0 radical (unpaired) electrons. The second-order valence-corrected chi connectivity index (χ2v) is 9.91. The second kappa shape index (κ2) is 8.61. The number of benzene rings is 3. The molecule has 3 aliphatic heterocycles. The molecule has 194 valence electrons. The third-order valence-electron chi connectivity index (χ3n) is 7.99. The van der Waals surface area contributed by atoms with Crippen molar-refractivity contribution in [3.63, 3.8) is 0 Å². The third-order valence-corrected chi connectivity index (χ3v) is 7.99. The molecule has 0 bridgehead atoms. The van der Waals surface area contributed by atoms with E-state index in [1.165, 1.54) is 20.2 Å². The van der Waals surface area contributed by atoms with Gasteiger partial charge >= 0.3 is 6.03 Å². The first kappa shape index (κ1) is 24.5. The summed E-state index contributed by atoms with van der Waals surface area (Å²) in [5.41, 5.74) is -2.48. The number of ketones is 1. The van der Waals surface area contributed by atoms with Crippen LogP contribution in [0.25, 0.3) is 6.08 Å². The molecule has 3 aromatic rings. The highest BCUT2D eigenvalue weighted by molar-refractivity contribution is 6.21. The molecular weight excluding hydrogens is 494 g/mol. The van der Waals surface area contributed by atoms with E-state index in [9.17, 15) is 24.3 Å². The number of allylic oxidation sites excluding steroid dienone is 1. The first-order valence-electron chi connectivity index (χ1n) is 12.5. The number of imide groups is 2. The number of amides is 4. The van der Waals surface area contributed by atoms with Crippen LogP contribution in [0, 0.1) is 5.41 Å². The van der Waals surface area contributed by atoms with Crippen LogP contribution < -0.4 is 0 Å². The Morgan fingerprint density at radius 1 is 0.821 bits per heavy atom. The smallest absolute Gasteiger partial charge is 0.332 e. The zero-order chi connectivity index (χ0) is 27.5. The van der Waals surface area contributed by atoms with E-state index in [4.69, 9.17) is 0 Å². The van der Waals surface area contributed by atoms with Crippen LogP contribution in [0.2, 0.25) is 0 Å². The van der Waals surface area contributed by atoms with E-state index in [1.54, 1.807) is 83.9 Å². The van der Waals surface area contributed by atoms with Gasteiger partial charge in [-0.3, -0.25) is 24.2 Å². The molecule has 2 fully saturated rings. The van der Waals surface area contributed by atoms with Crippen LogP contribution in [0.15, 0.2) is 103 Å². The fraction of sp³-hybridized carbons (Fsp3) is 0.161. The minimum Gasteiger partial charge on any atom is -0.377 e. The Hall–Kier alpha value is -4.82. The number of carbonyl (C=O) groups excluding carboxylic acids is 4. The van der Waals surface area contributed by atoms with Gasteiger partial charge in [0.05, 0.1) is 11.7 Å². The molecule has 3 aliphatic rings. The molecule has 4 amide bonds. The maximum Gasteiger partial charge on any atom is 0.332 e. The summed E-state index contributed by atoms with van der Waals surface area (Å²) < 4.78 is 0. The molecule has 8 heteroatoms. The van der Waals surface area contributed by atoms with E-state index in [2.05, 4.69) is 0 Å². The lowest BCUT2D eigenvalue weighted by Gasteiger charge is -2.48. The van der Waals surface area contributed by atoms with Crippen molar-refractivity contribution in [3.8, 4) is 0 Å². The molecule has 3 heterocycles. The molecule has 1 N–H and O–H groups in total. The number of fused-ring (bicyclic) bond motifs is 4. The summed E-state index contributed by atoms with van der Waals surface area (Å²) in [6.07, 6.45) is 4.78. The monoisotopic (exact) mass is 519 g/mol. The number of aliphatic hydroxyl groups is 1. The van der Waals surface area contributed by atoms with Crippen LogP contribution in [0.4, 0.5) is 4.79 Å². The van der Waals surface area contributed by atoms with Gasteiger partial charge in [-0.25, -0.2) is 4.79 Å². The predicted molar refractivity (Wildman–Crippen MR) is 143 cm³/mol. The number of urea groups is 1. The summed E-state index contributed by atoms with van der Waals surface area (Å²) in [7, 11) is 2.60. The molecule has 3 aromatic carbocycles. The van der Waals surface area contributed by atoms with Gasteiger partial charge in [-0.1, -0.05) is 84.9 Å².